The van der Waals surface area contributed by atoms with Crippen molar-refractivity contribution in [1.29, 1.82) is 0 Å². The van der Waals surface area contributed by atoms with Crippen molar-refractivity contribution in [3.63, 3.8) is 0 Å². The highest BCUT2D eigenvalue weighted by molar-refractivity contribution is 7.89. The molecule has 0 N–H and O–H groups in total. The molecule has 1 aliphatic heterocycles. The van der Waals surface area contributed by atoms with Gasteiger partial charge < -0.3 is 0 Å². The second-order valence-corrected chi connectivity index (χ2v) is 9.78. The lowest BCUT2D eigenvalue weighted by Crippen LogP contribution is -2.41. The molecule has 0 spiro atoms. The standard InChI is InChI=1S/C17H23N7O2S2/c1-3-23-13(2)16(10-18-23)28(25,26)22-8-4-6-14(11-22)12-24-20-17(19-21-24)15-7-5-9-27-15/h5,7,9-10,14H,3-4,6,8,11-12H2,1-2H3/t14-/m1/s1. The highest BCUT2D eigenvalue weighted by atomic mass is 32.2. The van der Waals surface area contributed by atoms with Gasteiger partial charge in [-0.1, -0.05) is 6.07 Å². The second kappa shape index (κ2) is 7.72. The van der Waals surface area contributed by atoms with Gasteiger partial charge in [-0.3, -0.25) is 4.68 Å². The lowest BCUT2D eigenvalue weighted by molar-refractivity contribution is 0.231. The third-order valence-corrected chi connectivity index (χ3v) is 7.91. The van der Waals surface area contributed by atoms with Gasteiger partial charge in [0.1, 0.15) is 4.90 Å². The molecular weight excluding hydrogens is 398 g/mol. The van der Waals surface area contributed by atoms with Crippen LogP contribution in [0.2, 0.25) is 0 Å². The van der Waals surface area contributed by atoms with Gasteiger partial charge in [0.2, 0.25) is 15.8 Å². The van der Waals surface area contributed by atoms with Gasteiger partial charge in [-0.2, -0.15) is 14.2 Å². The minimum Gasteiger partial charge on any atom is -0.269 e. The first kappa shape index (κ1) is 19.2. The summed E-state index contributed by atoms with van der Waals surface area (Å²) in [5.41, 5.74) is 0.683. The fraction of sp³-hybridized carbons (Fsp3) is 0.529. The van der Waals surface area contributed by atoms with E-state index in [9.17, 15) is 8.42 Å². The lowest BCUT2D eigenvalue weighted by Gasteiger charge is -2.31. The molecule has 1 saturated heterocycles. The van der Waals surface area contributed by atoms with Crippen LogP contribution in [0.3, 0.4) is 0 Å². The maximum atomic E-state index is 13.1. The zero-order valence-electron chi connectivity index (χ0n) is 15.9. The molecule has 0 amide bonds. The molecule has 3 aromatic rings. The van der Waals surface area contributed by atoms with Crippen molar-refractivity contribution in [3.05, 3.63) is 29.4 Å². The number of rotatable bonds is 6. The van der Waals surface area contributed by atoms with Crippen molar-refractivity contribution in [2.45, 2.75) is 44.7 Å². The van der Waals surface area contributed by atoms with Crippen LogP contribution in [0.15, 0.2) is 28.6 Å². The Morgan fingerprint density at radius 2 is 2.21 bits per heavy atom. The van der Waals surface area contributed by atoms with Gasteiger partial charge in [0.05, 0.1) is 23.3 Å². The molecule has 9 nitrogen and oxygen atoms in total. The van der Waals surface area contributed by atoms with Gasteiger partial charge >= 0.3 is 0 Å². The fourth-order valence-corrected chi connectivity index (χ4v) is 5.95. The van der Waals surface area contributed by atoms with E-state index in [0.29, 0.717) is 42.6 Å². The number of aryl methyl sites for hydroxylation is 1. The second-order valence-electron chi connectivity index (χ2n) is 6.93. The summed E-state index contributed by atoms with van der Waals surface area (Å²) in [6, 6.07) is 3.91. The van der Waals surface area contributed by atoms with Gasteiger partial charge in [-0.25, -0.2) is 8.42 Å². The number of hydrogen-bond donors (Lipinski definition) is 0. The van der Waals surface area contributed by atoms with Crippen LogP contribution in [0.4, 0.5) is 0 Å². The van der Waals surface area contributed by atoms with Crippen molar-refractivity contribution in [2.24, 2.45) is 5.92 Å². The zero-order chi connectivity index (χ0) is 19.7. The number of hydrogen-bond acceptors (Lipinski definition) is 7. The maximum absolute atomic E-state index is 13.1. The molecule has 0 aliphatic carbocycles. The Morgan fingerprint density at radius 1 is 1.36 bits per heavy atom. The smallest absolute Gasteiger partial charge is 0.246 e. The topological polar surface area (TPSA) is 98.8 Å². The van der Waals surface area contributed by atoms with Crippen molar-refractivity contribution in [2.75, 3.05) is 13.1 Å². The van der Waals surface area contributed by atoms with E-state index in [1.54, 1.807) is 32.0 Å². The average Bonchev–Trinajstić information content (AvgIpc) is 3.42. The van der Waals surface area contributed by atoms with Gasteiger partial charge in [0, 0.05) is 19.6 Å². The number of thiophene rings is 1. The molecule has 11 heteroatoms. The summed E-state index contributed by atoms with van der Waals surface area (Å²) >= 11 is 1.57. The third kappa shape index (κ3) is 3.61. The molecule has 4 heterocycles. The van der Waals surface area contributed by atoms with Crippen molar-refractivity contribution in [3.8, 4) is 10.7 Å². The number of tetrazole rings is 1. The first-order chi connectivity index (χ1) is 13.5. The van der Waals surface area contributed by atoms with E-state index in [1.807, 2.05) is 24.4 Å². The molecule has 0 radical (unpaired) electrons. The Hall–Kier alpha value is -2.11. The molecule has 0 unspecified atom stereocenters. The van der Waals surface area contributed by atoms with E-state index in [1.165, 1.54) is 6.20 Å². The van der Waals surface area contributed by atoms with Gasteiger partial charge in [0.25, 0.3) is 0 Å². The predicted molar refractivity (Wildman–Crippen MR) is 105 cm³/mol. The summed E-state index contributed by atoms with van der Waals surface area (Å²) in [5.74, 6) is 0.758. The fourth-order valence-electron chi connectivity index (χ4n) is 3.59. The van der Waals surface area contributed by atoms with Crippen LogP contribution in [0, 0.1) is 12.8 Å². The van der Waals surface area contributed by atoms with Gasteiger partial charge in [0.15, 0.2) is 0 Å². The first-order valence-electron chi connectivity index (χ1n) is 9.33. The highest BCUT2D eigenvalue weighted by Crippen LogP contribution is 2.26. The molecule has 1 aliphatic rings. The Balaban J connectivity index is 1.47. The SMILES string of the molecule is CCn1ncc(S(=O)(=O)N2CCC[C@@H](Cn3nnc(-c4cccs4)n3)C2)c1C. The van der Waals surface area contributed by atoms with Crippen molar-refractivity contribution in [1.82, 2.24) is 34.3 Å². The number of sulfonamides is 1. The van der Waals surface area contributed by atoms with Crippen LogP contribution in [-0.2, 0) is 23.1 Å². The molecule has 0 bridgehead atoms. The van der Waals surface area contributed by atoms with Crippen molar-refractivity contribution < 1.29 is 8.42 Å². The maximum Gasteiger partial charge on any atom is 0.246 e. The molecular formula is C17H23N7O2S2. The Labute approximate surface area is 168 Å². The van der Waals surface area contributed by atoms with Crippen LogP contribution in [-0.4, -0.2) is 55.8 Å². The Kier molecular flexibility index (Phi) is 5.30. The zero-order valence-corrected chi connectivity index (χ0v) is 17.5. The van der Waals surface area contributed by atoms with Crippen LogP contribution in [0.1, 0.15) is 25.5 Å². The summed E-state index contributed by atoms with van der Waals surface area (Å²) in [5, 5.41) is 18.9. The van der Waals surface area contributed by atoms with E-state index in [-0.39, 0.29) is 5.92 Å². The predicted octanol–water partition coefficient (Wildman–Crippen LogP) is 2.03. The summed E-state index contributed by atoms with van der Waals surface area (Å²) in [4.78, 5) is 2.85. The minimum absolute atomic E-state index is 0.149. The Morgan fingerprint density at radius 3 is 2.93 bits per heavy atom. The quantitative estimate of drug-likeness (QED) is 0.604. The van der Waals surface area contributed by atoms with Crippen LogP contribution in [0.5, 0.6) is 0 Å². The highest BCUT2D eigenvalue weighted by Gasteiger charge is 2.33. The van der Waals surface area contributed by atoms with Crippen LogP contribution in [0.25, 0.3) is 10.7 Å². The lowest BCUT2D eigenvalue weighted by atomic mass is 10.00. The Bertz CT molecular complexity index is 1040. The van der Waals surface area contributed by atoms with Crippen molar-refractivity contribution >= 4 is 21.4 Å². The largest absolute Gasteiger partial charge is 0.269 e. The molecule has 28 heavy (non-hydrogen) atoms. The number of aromatic nitrogens is 6. The van der Waals surface area contributed by atoms with E-state index in [0.717, 1.165) is 17.7 Å². The van der Waals surface area contributed by atoms with Gasteiger partial charge in [-0.15, -0.1) is 21.5 Å². The molecule has 1 fully saturated rings. The van der Waals surface area contributed by atoms with Crippen LogP contribution < -0.4 is 0 Å². The van der Waals surface area contributed by atoms with E-state index < -0.39 is 10.0 Å². The minimum atomic E-state index is -3.55. The average molecular weight is 422 g/mol. The molecule has 0 saturated carbocycles. The van der Waals surface area contributed by atoms with Gasteiger partial charge in [-0.05, 0) is 49.3 Å². The van der Waals surface area contributed by atoms with E-state index in [4.69, 9.17) is 0 Å². The summed E-state index contributed by atoms with van der Waals surface area (Å²) in [6.45, 7) is 5.93. The van der Waals surface area contributed by atoms with Crippen LogP contribution >= 0.6 is 11.3 Å². The molecule has 3 aromatic heterocycles. The summed E-state index contributed by atoms with van der Waals surface area (Å²) < 4.78 is 29.5. The van der Waals surface area contributed by atoms with E-state index in [2.05, 4.69) is 20.5 Å². The monoisotopic (exact) mass is 421 g/mol. The molecule has 4 rings (SSSR count). The summed E-state index contributed by atoms with van der Waals surface area (Å²) in [6.07, 6.45) is 3.22. The molecule has 0 aromatic carbocycles. The normalized spacial score (nSPS) is 18.6. The third-order valence-electron chi connectivity index (χ3n) is 5.07. The number of piperidine rings is 1. The molecule has 1 atom stereocenters. The summed E-state index contributed by atoms with van der Waals surface area (Å²) in [7, 11) is -3.55. The molecule has 150 valence electrons. The first-order valence-corrected chi connectivity index (χ1v) is 11.6. The number of nitrogens with zero attached hydrogens (tertiary/aromatic N) is 7. The van der Waals surface area contributed by atoms with E-state index >= 15 is 0 Å².